The summed E-state index contributed by atoms with van der Waals surface area (Å²) in [5.74, 6) is 1.81. The highest BCUT2D eigenvalue weighted by atomic mass is 28.3. The highest BCUT2D eigenvalue weighted by molar-refractivity contribution is 7.00. The SMILES string of the molecule is COc1ccc([Si](C)(C)c2ccc(OC)cc2)cc1. The molecule has 3 heteroatoms. The molecule has 2 aromatic carbocycles. The number of ether oxygens (including phenoxy) is 2. The van der Waals surface area contributed by atoms with E-state index in [2.05, 4.69) is 37.4 Å². The van der Waals surface area contributed by atoms with Crippen LogP contribution in [0, 0.1) is 0 Å². The molecule has 0 aliphatic rings. The van der Waals surface area contributed by atoms with Crippen LogP contribution in [0.5, 0.6) is 11.5 Å². The predicted octanol–water partition coefficient (Wildman–Crippen LogP) is 2.53. The van der Waals surface area contributed by atoms with Crippen molar-refractivity contribution in [3.63, 3.8) is 0 Å². The number of benzene rings is 2. The van der Waals surface area contributed by atoms with Crippen molar-refractivity contribution in [1.29, 1.82) is 0 Å². The molecular formula is C16H20O2Si. The van der Waals surface area contributed by atoms with Crippen LogP contribution in [0.1, 0.15) is 0 Å². The summed E-state index contributed by atoms with van der Waals surface area (Å²) in [7, 11) is 1.75. The Balaban J connectivity index is 2.33. The average molecular weight is 272 g/mol. The van der Waals surface area contributed by atoms with E-state index >= 15 is 0 Å². The third kappa shape index (κ3) is 2.82. The molecule has 100 valence electrons. The number of rotatable bonds is 4. The van der Waals surface area contributed by atoms with Crippen molar-refractivity contribution in [3.05, 3.63) is 48.5 Å². The molecule has 0 fully saturated rings. The van der Waals surface area contributed by atoms with Gasteiger partial charge in [0.2, 0.25) is 0 Å². The van der Waals surface area contributed by atoms with E-state index in [1.165, 1.54) is 10.4 Å². The lowest BCUT2D eigenvalue weighted by Crippen LogP contribution is -2.52. The van der Waals surface area contributed by atoms with Gasteiger partial charge in [-0.25, -0.2) is 0 Å². The van der Waals surface area contributed by atoms with Crippen LogP contribution in [-0.4, -0.2) is 22.3 Å². The first-order valence-electron chi connectivity index (χ1n) is 6.37. The van der Waals surface area contributed by atoms with Gasteiger partial charge in [0.05, 0.1) is 14.2 Å². The summed E-state index contributed by atoms with van der Waals surface area (Å²) in [6.45, 7) is 4.72. The molecule has 0 aliphatic heterocycles. The van der Waals surface area contributed by atoms with Gasteiger partial charge < -0.3 is 9.47 Å². The maximum Gasteiger partial charge on any atom is 0.118 e. The maximum atomic E-state index is 5.22. The molecule has 0 unspecified atom stereocenters. The van der Waals surface area contributed by atoms with E-state index in [1.54, 1.807) is 14.2 Å². The van der Waals surface area contributed by atoms with Crippen LogP contribution in [0.2, 0.25) is 13.1 Å². The van der Waals surface area contributed by atoms with Gasteiger partial charge in [0.1, 0.15) is 19.6 Å². The molecule has 0 saturated carbocycles. The molecule has 2 aromatic rings. The Morgan fingerprint density at radius 1 is 0.632 bits per heavy atom. The zero-order chi connectivity index (χ0) is 13.9. The fraction of sp³-hybridized carbons (Fsp3) is 0.250. The topological polar surface area (TPSA) is 18.5 Å². The Bertz CT molecular complexity index is 480. The average Bonchev–Trinajstić information content (AvgIpc) is 2.47. The molecule has 0 aromatic heterocycles. The highest BCUT2D eigenvalue weighted by Crippen LogP contribution is 2.13. The van der Waals surface area contributed by atoms with Gasteiger partial charge in [-0.2, -0.15) is 0 Å². The molecule has 0 radical (unpaired) electrons. The molecule has 0 atom stereocenters. The van der Waals surface area contributed by atoms with E-state index in [4.69, 9.17) is 9.47 Å². The highest BCUT2D eigenvalue weighted by Gasteiger charge is 2.25. The molecule has 2 nitrogen and oxygen atoms in total. The Morgan fingerprint density at radius 2 is 0.947 bits per heavy atom. The molecule has 0 saturated heterocycles. The first-order valence-corrected chi connectivity index (χ1v) is 9.37. The minimum atomic E-state index is -1.64. The third-order valence-corrected chi connectivity index (χ3v) is 7.18. The fourth-order valence-corrected chi connectivity index (χ4v) is 4.52. The summed E-state index contributed by atoms with van der Waals surface area (Å²) in [6.07, 6.45) is 0. The molecule has 2 rings (SSSR count). The van der Waals surface area contributed by atoms with E-state index in [-0.39, 0.29) is 0 Å². The molecule has 0 aliphatic carbocycles. The fourth-order valence-electron chi connectivity index (χ4n) is 2.18. The largest absolute Gasteiger partial charge is 0.497 e. The van der Waals surface area contributed by atoms with Gasteiger partial charge in [-0.05, 0) is 24.3 Å². The van der Waals surface area contributed by atoms with Gasteiger partial charge in [-0.1, -0.05) is 47.7 Å². The van der Waals surface area contributed by atoms with E-state index < -0.39 is 8.07 Å². The molecule has 19 heavy (non-hydrogen) atoms. The van der Waals surface area contributed by atoms with Crippen LogP contribution in [0.15, 0.2) is 48.5 Å². The van der Waals surface area contributed by atoms with Crippen molar-refractivity contribution >= 4 is 18.4 Å². The number of hydrogen-bond acceptors (Lipinski definition) is 2. The summed E-state index contributed by atoms with van der Waals surface area (Å²) in [5, 5.41) is 2.80. The molecule has 0 spiro atoms. The lowest BCUT2D eigenvalue weighted by molar-refractivity contribution is 0.415. The Morgan fingerprint density at radius 3 is 1.21 bits per heavy atom. The van der Waals surface area contributed by atoms with Crippen molar-refractivity contribution in [1.82, 2.24) is 0 Å². The van der Waals surface area contributed by atoms with E-state index in [0.717, 1.165) is 11.5 Å². The van der Waals surface area contributed by atoms with Crippen LogP contribution in [-0.2, 0) is 0 Å². The van der Waals surface area contributed by atoms with Crippen LogP contribution >= 0.6 is 0 Å². The number of methoxy groups -OCH3 is 2. The first-order chi connectivity index (χ1) is 9.07. The zero-order valence-corrected chi connectivity index (χ0v) is 12.9. The summed E-state index contributed by atoms with van der Waals surface area (Å²) >= 11 is 0. The summed E-state index contributed by atoms with van der Waals surface area (Å²) < 4.78 is 10.4. The second kappa shape index (κ2) is 5.49. The molecule has 0 amide bonds. The second-order valence-corrected chi connectivity index (χ2v) is 9.49. The maximum absolute atomic E-state index is 5.22. The standard InChI is InChI=1S/C16H20O2Si/c1-17-13-5-9-15(10-6-13)19(3,4)16-11-7-14(18-2)8-12-16/h5-12H,1-4H3. The van der Waals surface area contributed by atoms with Crippen molar-refractivity contribution < 1.29 is 9.47 Å². The summed E-state index contributed by atoms with van der Waals surface area (Å²) in [6, 6.07) is 16.8. The van der Waals surface area contributed by atoms with Crippen molar-refractivity contribution in [2.24, 2.45) is 0 Å². The first kappa shape index (κ1) is 13.7. The quantitative estimate of drug-likeness (QED) is 0.796. The molecule has 0 N–H and O–H groups in total. The third-order valence-electron chi connectivity index (χ3n) is 3.62. The van der Waals surface area contributed by atoms with E-state index in [9.17, 15) is 0 Å². The van der Waals surface area contributed by atoms with Crippen molar-refractivity contribution in [3.8, 4) is 11.5 Å². The predicted molar refractivity (Wildman–Crippen MR) is 82.7 cm³/mol. The lowest BCUT2D eigenvalue weighted by Gasteiger charge is -2.24. The van der Waals surface area contributed by atoms with Crippen LogP contribution in [0.4, 0.5) is 0 Å². The number of hydrogen-bond donors (Lipinski definition) is 0. The van der Waals surface area contributed by atoms with Crippen LogP contribution in [0.25, 0.3) is 0 Å². The van der Waals surface area contributed by atoms with Crippen LogP contribution in [0.3, 0.4) is 0 Å². The van der Waals surface area contributed by atoms with Gasteiger partial charge in [0, 0.05) is 0 Å². The van der Waals surface area contributed by atoms with Gasteiger partial charge in [-0.15, -0.1) is 0 Å². The van der Waals surface area contributed by atoms with Gasteiger partial charge in [-0.3, -0.25) is 0 Å². The van der Waals surface area contributed by atoms with Crippen molar-refractivity contribution in [2.45, 2.75) is 13.1 Å². The second-order valence-electron chi connectivity index (χ2n) is 5.08. The smallest absolute Gasteiger partial charge is 0.118 e. The Kier molecular flexibility index (Phi) is 3.95. The van der Waals surface area contributed by atoms with Crippen molar-refractivity contribution in [2.75, 3.05) is 14.2 Å². The Hall–Kier alpha value is -1.74. The zero-order valence-electron chi connectivity index (χ0n) is 11.9. The molecular weight excluding hydrogens is 252 g/mol. The Labute approximate surface area is 116 Å². The van der Waals surface area contributed by atoms with E-state index in [0.29, 0.717) is 0 Å². The van der Waals surface area contributed by atoms with Gasteiger partial charge in [0.15, 0.2) is 0 Å². The summed E-state index contributed by atoms with van der Waals surface area (Å²) in [4.78, 5) is 0. The van der Waals surface area contributed by atoms with Crippen LogP contribution < -0.4 is 19.8 Å². The molecule has 0 bridgehead atoms. The minimum absolute atomic E-state index is 0.906. The normalized spacial score (nSPS) is 11.2. The van der Waals surface area contributed by atoms with Gasteiger partial charge >= 0.3 is 0 Å². The van der Waals surface area contributed by atoms with E-state index in [1.807, 2.05) is 24.3 Å². The molecule has 0 heterocycles. The monoisotopic (exact) mass is 272 g/mol. The minimum Gasteiger partial charge on any atom is -0.497 e. The van der Waals surface area contributed by atoms with Gasteiger partial charge in [0.25, 0.3) is 0 Å². The summed E-state index contributed by atoms with van der Waals surface area (Å²) in [5.41, 5.74) is 0. The lowest BCUT2D eigenvalue weighted by atomic mass is 10.3.